The van der Waals surface area contributed by atoms with Crippen LogP contribution in [0.15, 0.2) is 41.3 Å². The van der Waals surface area contributed by atoms with Crippen LogP contribution in [0, 0.1) is 12.8 Å². The molecule has 2 aromatic carbocycles. The predicted molar refractivity (Wildman–Crippen MR) is 114 cm³/mol. The van der Waals surface area contributed by atoms with Crippen LogP contribution in [-0.2, 0) is 14.8 Å². The van der Waals surface area contributed by atoms with E-state index in [1.165, 1.54) is 17.5 Å². The third-order valence-corrected chi connectivity index (χ3v) is 7.37. The summed E-state index contributed by atoms with van der Waals surface area (Å²) in [4.78, 5) is 12.9. The van der Waals surface area contributed by atoms with E-state index in [1.54, 1.807) is 37.3 Å². The smallest absolute Gasteiger partial charge is 0.243 e. The van der Waals surface area contributed by atoms with E-state index in [2.05, 4.69) is 5.32 Å². The van der Waals surface area contributed by atoms with Gasteiger partial charge < -0.3 is 10.1 Å². The fraction of sp³-hybridized carbons (Fsp3) is 0.350. The summed E-state index contributed by atoms with van der Waals surface area (Å²) >= 11 is 12.1. The predicted octanol–water partition coefficient (Wildman–Crippen LogP) is 4.35. The summed E-state index contributed by atoms with van der Waals surface area (Å²) in [5.74, 6) is -0.133. The highest BCUT2D eigenvalue weighted by Crippen LogP contribution is 2.29. The first kappa shape index (κ1) is 21.9. The molecule has 1 aliphatic rings. The molecule has 9 heteroatoms. The molecule has 0 radical (unpaired) electrons. The molecule has 0 saturated carbocycles. The van der Waals surface area contributed by atoms with E-state index in [-0.39, 0.29) is 17.3 Å². The minimum absolute atomic E-state index is 0.109. The molecular weight excluding hydrogens is 435 g/mol. The van der Waals surface area contributed by atoms with Crippen LogP contribution >= 0.6 is 23.2 Å². The standard InChI is InChI=1S/C20H22Cl2N2O4S/c1-13-10-16(6-8-19(13)28-2)29(26,27)24-9-3-4-14(12-24)20(25)23-18-11-15(21)5-7-17(18)22/h5-8,10-11,14H,3-4,9,12H2,1-2H3,(H,23,25)/t14-/m0/s1. The van der Waals surface area contributed by atoms with Crippen LogP contribution in [0.2, 0.25) is 10.0 Å². The van der Waals surface area contributed by atoms with Gasteiger partial charge in [0.15, 0.2) is 0 Å². The maximum absolute atomic E-state index is 13.1. The number of sulfonamides is 1. The molecule has 1 N–H and O–H groups in total. The fourth-order valence-corrected chi connectivity index (χ4v) is 5.31. The number of aryl methyl sites for hydroxylation is 1. The molecule has 1 fully saturated rings. The third-order valence-electron chi connectivity index (χ3n) is 4.95. The number of anilines is 1. The normalized spacial score (nSPS) is 17.7. The summed E-state index contributed by atoms with van der Waals surface area (Å²) in [5.41, 5.74) is 1.14. The number of hydrogen-bond donors (Lipinski definition) is 1. The minimum Gasteiger partial charge on any atom is -0.496 e. The second-order valence-electron chi connectivity index (χ2n) is 6.95. The van der Waals surface area contributed by atoms with Gasteiger partial charge in [0.05, 0.1) is 28.6 Å². The van der Waals surface area contributed by atoms with Crippen LogP contribution in [-0.4, -0.2) is 38.8 Å². The first-order valence-electron chi connectivity index (χ1n) is 9.13. The average molecular weight is 457 g/mol. The van der Waals surface area contributed by atoms with Crippen molar-refractivity contribution >= 4 is 44.8 Å². The maximum atomic E-state index is 13.1. The van der Waals surface area contributed by atoms with Crippen LogP contribution in [0.25, 0.3) is 0 Å². The number of carbonyl (C=O) groups is 1. The number of piperidine rings is 1. The summed E-state index contributed by atoms with van der Waals surface area (Å²) in [5, 5.41) is 3.59. The highest BCUT2D eigenvalue weighted by molar-refractivity contribution is 7.89. The number of nitrogens with zero attached hydrogens (tertiary/aromatic N) is 1. The lowest BCUT2D eigenvalue weighted by Gasteiger charge is -2.31. The Morgan fingerprint density at radius 2 is 1.97 bits per heavy atom. The summed E-state index contributed by atoms with van der Waals surface area (Å²) in [7, 11) is -2.17. The first-order valence-corrected chi connectivity index (χ1v) is 11.3. The van der Waals surface area contributed by atoms with Gasteiger partial charge >= 0.3 is 0 Å². The van der Waals surface area contributed by atoms with Gasteiger partial charge in [0.1, 0.15) is 5.75 Å². The van der Waals surface area contributed by atoms with Crippen LogP contribution in [0.1, 0.15) is 18.4 Å². The fourth-order valence-electron chi connectivity index (χ4n) is 3.36. The van der Waals surface area contributed by atoms with Crippen LogP contribution in [0.4, 0.5) is 5.69 Å². The zero-order valence-electron chi connectivity index (χ0n) is 16.1. The van der Waals surface area contributed by atoms with Gasteiger partial charge in [-0.1, -0.05) is 23.2 Å². The Labute approximate surface area is 180 Å². The average Bonchev–Trinajstić information content (AvgIpc) is 2.70. The molecule has 0 spiro atoms. The lowest BCUT2D eigenvalue weighted by molar-refractivity contribution is -0.120. The van der Waals surface area contributed by atoms with E-state index in [1.807, 2.05) is 0 Å². The second kappa shape index (κ2) is 8.92. The van der Waals surface area contributed by atoms with Crippen LogP contribution < -0.4 is 10.1 Å². The Bertz CT molecular complexity index is 1030. The highest BCUT2D eigenvalue weighted by Gasteiger charge is 2.33. The Morgan fingerprint density at radius 1 is 1.21 bits per heavy atom. The summed E-state index contributed by atoms with van der Waals surface area (Å²) in [6.07, 6.45) is 1.19. The SMILES string of the molecule is COc1ccc(S(=O)(=O)N2CCC[C@H](C(=O)Nc3cc(Cl)ccc3Cl)C2)cc1C. The number of hydrogen-bond acceptors (Lipinski definition) is 4. The van der Waals surface area contributed by atoms with E-state index in [0.29, 0.717) is 40.9 Å². The van der Waals surface area contributed by atoms with Crippen molar-refractivity contribution in [3.8, 4) is 5.75 Å². The zero-order valence-corrected chi connectivity index (χ0v) is 18.4. The van der Waals surface area contributed by atoms with Gasteiger partial charge in [0.2, 0.25) is 15.9 Å². The monoisotopic (exact) mass is 456 g/mol. The second-order valence-corrected chi connectivity index (χ2v) is 9.73. The molecule has 0 aromatic heterocycles. The molecule has 1 amide bonds. The van der Waals surface area contributed by atoms with E-state index >= 15 is 0 Å². The largest absolute Gasteiger partial charge is 0.496 e. The summed E-state index contributed by atoms with van der Waals surface area (Å²) in [6.45, 7) is 2.27. The van der Waals surface area contributed by atoms with Crippen molar-refractivity contribution < 1.29 is 17.9 Å². The van der Waals surface area contributed by atoms with E-state index in [9.17, 15) is 13.2 Å². The van der Waals surface area contributed by atoms with Gasteiger partial charge in [-0.2, -0.15) is 4.31 Å². The molecule has 1 heterocycles. The molecule has 0 aliphatic carbocycles. The quantitative estimate of drug-likeness (QED) is 0.725. The van der Waals surface area contributed by atoms with E-state index in [4.69, 9.17) is 27.9 Å². The third kappa shape index (κ3) is 4.86. The van der Waals surface area contributed by atoms with Crippen LogP contribution in [0.5, 0.6) is 5.75 Å². The number of halogens is 2. The number of benzene rings is 2. The lowest BCUT2D eigenvalue weighted by atomic mass is 9.99. The van der Waals surface area contributed by atoms with Gasteiger partial charge in [-0.25, -0.2) is 8.42 Å². The number of ether oxygens (including phenoxy) is 1. The Hall–Kier alpha value is -1.80. The minimum atomic E-state index is -3.71. The summed E-state index contributed by atoms with van der Waals surface area (Å²) in [6, 6.07) is 9.55. The van der Waals surface area contributed by atoms with Gasteiger partial charge in [-0.15, -0.1) is 0 Å². The van der Waals surface area contributed by atoms with Gasteiger partial charge in [0, 0.05) is 18.1 Å². The molecule has 0 bridgehead atoms. The molecule has 6 nitrogen and oxygen atoms in total. The van der Waals surface area contributed by atoms with Crippen molar-refractivity contribution in [1.29, 1.82) is 0 Å². The molecule has 2 aromatic rings. The Morgan fingerprint density at radius 3 is 2.66 bits per heavy atom. The number of methoxy groups -OCH3 is 1. The molecular formula is C20H22Cl2N2O4S. The van der Waals surface area contributed by atoms with Gasteiger partial charge in [-0.05, 0) is 61.7 Å². The van der Waals surface area contributed by atoms with Crippen LogP contribution in [0.3, 0.4) is 0 Å². The number of carbonyl (C=O) groups excluding carboxylic acids is 1. The molecule has 0 unspecified atom stereocenters. The molecule has 156 valence electrons. The van der Waals surface area contributed by atoms with Gasteiger partial charge in [-0.3, -0.25) is 4.79 Å². The topological polar surface area (TPSA) is 75.7 Å². The van der Waals surface area contributed by atoms with Crippen molar-refractivity contribution in [2.24, 2.45) is 5.92 Å². The molecule has 1 atom stereocenters. The van der Waals surface area contributed by atoms with Crippen molar-refractivity contribution in [3.63, 3.8) is 0 Å². The first-order chi connectivity index (χ1) is 13.7. The zero-order chi connectivity index (χ0) is 21.2. The highest BCUT2D eigenvalue weighted by atomic mass is 35.5. The summed E-state index contributed by atoms with van der Waals surface area (Å²) < 4.78 is 32.7. The number of rotatable bonds is 5. The lowest BCUT2D eigenvalue weighted by Crippen LogP contribution is -2.43. The van der Waals surface area contributed by atoms with E-state index in [0.717, 1.165) is 5.56 Å². The maximum Gasteiger partial charge on any atom is 0.243 e. The van der Waals surface area contributed by atoms with Crippen molar-refractivity contribution in [3.05, 3.63) is 52.0 Å². The molecule has 3 rings (SSSR count). The van der Waals surface area contributed by atoms with E-state index < -0.39 is 15.9 Å². The van der Waals surface area contributed by atoms with Crippen molar-refractivity contribution in [1.82, 2.24) is 4.31 Å². The molecule has 1 aliphatic heterocycles. The number of amides is 1. The van der Waals surface area contributed by atoms with Crippen molar-refractivity contribution in [2.75, 3.05) is 25.5 Å². The molecule has 29 heavy (non-hydrogen) atoms. The van der Waals surface area contributed by atoms with Gasteiger partial charge in [0.25, 0.3) is 0 Å². The van der Waals surface area contributed by atoms with Crippen molar-refractivity contribution in [2.45, 2.75) is 24.7 Å². The Kier molecular flexibility index (Phi) is 6.73. The number of nitrogens with one attached hydrogen (secondary N) is 1. The Balaban J connectivity index is 1.76. The molecule has 1 saturated heterocycles.